The van der Waals surface area contributed by atoms with E-state index in [1.165, 1.54) is 13.8 Å². The van der Waals surface area contributed by atoms with Gasteiger partial charge in [0.25, 0.3) is 0 Å². The first-order valence-corrected chi connectivity index (χ1v) is 5.55. The van der Waals surface area contributed by atoms with E-state index in [0.29, 0.717) is 6.07 Å². The molecule has 0 saturated heterocycles. The Bertz CT molecular complexity index is 420. The second-order valence-electron chi connectivity index (χ2n) is 3.59. The average molecular weight is 295 g/mol. The maximum absolute atomic E-state index is 13.4. The second-order valence-corrected chi connectivity index (χ2v) is 4.58. The lowest BCUT2D eigenvalue weighted by Crippen LogP contribution is -2.19. The average Bonchev–Trinajstić information content (AvgIpc) is 2.21. The highest BCUT2D eigenvalue weighted by molar-refractivity contribution is 9.10. The molecule has 5 heteroatoms. The highest BCUT2D eigenvalue weighted by Crippen LogP contribution is 2.29. The molecule has 0 saturated carbocycles. The van der Waals surface area contributed by atoms with Crippen molar-refractivity contribution in [2.45, 2.75) is 24.6 Å². The molecule has 0 aliphatic heterocycles. The molecule has 0 radical (unpaired) electrons. The van der Waals surface area contributed by atoms with Crippen LogP contribution in [0.1, 0.15) is 25.3 Å². The lowest BCUT2D eigenvalue weighted by atomic mass is 9.95. The molecule has 1 aromatic carbocycles. The summed E-state index contributed by atoms with van der Waals surface area (Å²) in [6.07, 6.45) is 0. The molecule has 0 spiro atoms. The Hall–Kier alpha value is -0.840. The van der Waals surface area contributed by atoms with E-state index >= 15 is 0 Å². The van der Waals surface area contributed by atoms with Crippen molar-refractivity contribution in [3.8, 4) is 0 Å². The third-order valence-corrected chi connectivity index (χ3v) is 3.78. The number of hydrogen-bond acceptors (Lipinski definition) is 1. The maximum atomic E-state index is 13.4. The first kappa shape index (κ1) is 13.2. The van der Waals surface area contributed by atoms with Gasteiger partial charge in [-0.3, -0.25) is 4.79 Å². The van der Waals surface area contributed by atoms with Gasteiger partial charge in [0.1, 0.15) is 11.6 Å². The number of benzene rings is 1. The fraction of sp³-hybridized carbons (Fsp3) is 0.364. The molecule has 16 heavy (non-hydrogen) atoms. The van der Waals surface area contributed by atoms with Gasteiger partial charge in [0.15, 0.2) is 11.6 Å². The molecule has 0 bridgehead atoms. The van der Waals surface area contributed by atoms with Crippen molar-refractivity contribution in [2.24, 2.45) is 0 Å². The minimum atomic E-state index is -1.25. The van der Waals surface area contributed by atoms with Gasteiger partial charge in [-0.2, -0.15) is 0 Å². The number of carbonyl (C=O) groups excluding carboxylic acids is 1. The van der Waals surface area contributed by atoms with E-state index in [1.807, 2.05) is 0 Å². The quantitative estimate of drug-likeness (QED) is 0.615. The van der Waals surface area contributed by atoms with Crippen LogP contribution >= 0.6 is 15.9 Å². The van der Waals surface area contributed by atoms with Crippen molar-refractivity contribution < 1.29 is 18.0 Å². The summed E-state index contributed by atoms with van der Waals surface area (Å²) >= 11 is 3.07. The number of ketones is 1. The predicted octanol–water partition coefficient (Wildman–Crippen LogP) is 3.56. The van der Waals surface area contributed by atoms with Crippen LogP contribution in [0.2, 0.25) is 0 Å². The highest BCUT2D eigenvalue weighted by atomic mass is 79.9. The summed E-state index contributed by atoms with van der Waals surface area (Å²) in [5.41, 5.74) is -0.144. The molecule has 0 amide bonds. The Morgan fingerprint density at radius 1 is 1.31 bits per heavy atom. The Morgan fingerprint density at radius 3 is 2.38 bits per heavy atom. The molecule has 0 aliphatic carbocycles. The van der Waals surface area contributed by atoms with E-state index in [9.17, 15) is 18.0 Å². The van der Waals surface area contributed by atoms with Gasteiger partial charge < -0.3 is 0 Å². The first-order chi connectivity index (χ1) is 7.34. The van der Waals surface area contributed by atoms with Gasteiger partial charge in [-0.05, 0) is 18.6 Å². The first-order valence-electron chi connectivity index (χ1n) is 4.63. The molecule has 1 rings (SSSR count). The summed E-state index contributed by atoms with van der Waals surface area (Å²) < 4.78 is 39.3. The fourth-order valence-electron chi connectivity index (χ4n) is 1.42. The van der Waals surface area contributed by atoms with Crippen LogP contribution in [0.4, 0.5) is 13.2 Å². The minimum absolute atomic E-state index is 0.144. The van der Waals surface area contributed by atoms with Crippen LogP contribution in [0.5, 0.6) is 0 Å². The molecule has 0 heterocycles. The van der Waals surface area contributed by atoms with Gasteiger partial charge in [0.2, 0.25) is 0 Å². The van der Waals surface area contributed by atoms with Gasteiger partial charge in [-0.25, -0.2) is 13.2 Å². The molecule has 88 valence electrons. The summed E-state index contributed by atoms with van der Waals surface area (Å²) in [6.45, 7) is 2.85. The van der Waals surface area contributed by atoms with Gasteiger partial charge >= 0.3 is 0 Å². The van der Waals surface area contributed by atoms with E-state index in [1.54, 1.807) is 0 Å². The largest absolute Gasteiger partial charge is 0.299 e. The molecule has 0 N–H and O–H groups in total. The molecule has 0 aromatic heterocycles. The van der Waals surface area contributed by atoms with Gasteiger partial charge in [0, 0.05) is 12.0 Å². The predicted molar refractivity (Wildman–Crippen MR) is 58.1 cm³/mol. The molecule has 0 aliphatic rings. The smallest absolute Gasteiger partial charge is 0.162 e. The van der Waals surface area contributed by atoms with Gasteiger partial charge in [0.05, 0.1) is 4.83 Å². The van der Waals surface area contributed by atoms with Crippen LogP contribution in [0.15, 0.2) is 12.1 Å². The standard InChI is InChI=1S/C11H10BrF3O/c1-5(10(12)6(2)16)8-3-7(13)4-9(14)11(8)15/h3-5,10H,1-2H3. The van der Waals surface area contributed by atoms with Crippen molar-refractivity contribution in [1.29, 1.82) is 0 Å². The molecule has 1 aromatic rings. The van der Waals surface area contributed by atoms with Crippen LogP contribution in [0, 0.1) is 17.5 Å². The number of Topliss-reactive ketones (excluding diaryl/α,β-unsaturated/α-hetero) is 1. The van der Waals surface area contributed by atoms with Crippen LogP contribution < -0.4 is 0 Å². The normalized spacial score (nSPS) is 14.6. The zero-order valence-electron chi connectivity index (χ0n) is 8.73. The van der Waals surface area contributed by atoms with Crippen molar-refractivity contribution >= 4 is 21.7 Å². The molecule has 2 atom stereocenters. The SMILES string of the molecule is CC(=O)C(Br)C(C)c1cc(F)cc(F)c1F. The fourth-order valence-corrected chi connectivity index (χ4v) is 1.70. The molecular weight excluding hydrogens is 285 g/mol. The molecule has 0 fully saturated rings. The third-order valence-electron chi connectivity index (χ3n) is 2.34. The Balaban J connectivity index is 3.17. The van der Waals surface area contributed by atoms with Crippen LogP contribution in [-0.4, -0.2) is 10.6 Å². The maximum Gasteiger partial charge on any atom is 0.162 e. The van der Waals surface area contributed by atoms with Gasteiger partial charge in [-0.15, -0.1) is 0 Å². The number of hydrogen-bond donors (Lipinski definition) is 0. The Labute approximate surface area is 99.8 Å². The third kappa shape index (κ3) is 2.64. The summed E-state index contributed by atoms with van der Waals surface area (Å²) in [7, 11) is 0. The van der Waals surface area contributed by atoms with Crippen molar-refractivity contribution in [3.63, 3.8) is 0 Å². The Morgan fingerprint density at radius 2 is 1.88 bits per heavy atom. The topological polar surface area (TPSA) is 17.1 Å². The van der Waals surface area contributed by atoms with E-state index in [2.05, 4.69) is 15.9 Å². The molecular formula is C11H10BrF3O. The van der Waals surface area contributed by atoms with Crippen molar-refractivity contribution in [2.75, 3.05) is 0 Å². The number of carbonyl (C=O) groups is 1. The van der Waals surface area contributed by atoms with E-state index in [4.69, 9.17) is 0 Å². The van der Waals surface area contributed by atoms with E-state index in [0.717, 1.165) is 6.07 Å². The van der Waals surface area contributed by atoms with Crippen molar-refractivity contribution in [1.82, 2.24) is 0 Å². The summed E-state index contributed by atoms with van der Waals surface area (Å²) in [4.78, 5) is 10.4. The Kier molecular flexibility index (Phi) is 4.13. The van der Waals surface area contributed by atoms with E-state index < -0.39 is 28.2 Å². The highest BCUT2D eigenvalue weighted by Gasteiger charge is 2.25. The summed E-state index contributed by atoms with van der Waals surface area (Å²) in [5, 5.41) is 0. The summed E-state index contributed by atoms with van der Waals surface area (Å²) in [5.74, 6) is -4.08. The molecule has 2 unspecified atom stereocenters. The van der Waals surface area contributed by atoms with E-state index in [-0.39, 0.29) is 11.3 Å². The second kappa shape index (κ2) is 4.99. The number of alkyl halides is 1. The zero-order chi connectivity index (χ0) is 12.5. The summed E-state index contributed by atoms with van der Waals surface area (Å²) in [6, 6.07) is 1.38. The number of halogens is 4. The number of rotatable bonds is 3. The van der Waals surface area contributed by atoms with Crippen molar-refractivity contribution in [3.05, 3.63) is 35.1 Å². The minimum Gasteiger partial charge on any atom is -0.299 e. The van der Waals surface area contributed by atoms with Crippen LogP contribution in [0.25, 0.3) is 0 Å². The lowest BCUT2D eigenvalue weighted by molar-refractivity contribution is -0.116. The lowest BCUT2D eigenvalue weighted by Gasteiger charge is -2.17. The van der Waals surface area contributed by atoms with Crippen LogP contribution in [0.3, 0.4) is 0 Å². The van der Waals surface area contributed by atoms with Crippen LogP contribution in [-0.2, 0) is 4.79 Å². The zero-order valence-corrected chi connectivity index (χ0v) is 10.3. The molecule has 1 nitrogen and oxygen atoms in total. The van der Waals surface area contributed by atoms with Gasteiger partial charge in [-0.1, -0.05) is 22.9 Å². The monoisotopic (exact) mass is 294 g/mol.